The molecular weight excluding hydrogens is 391 g/mol. The SMILES string of the molecule is CC[C@H](C)NC(=O)[C@@H](C)N(Cc1ccc(C)cc1)C(=O)Cc1c(F)cccc1Cl. The predicted molar refractivity (Wildman–Crippen MR) is 114 cm³/mol. The fraction of sp³-hybridized carbons (Fsp3) is 0.391. The first kappa shape index (κ1) is 22.9. The summed E-state index contributed by atoms with van der Waals surface area (Å²) in [6.45, 7) is 7.81. The highest BCUT2D eigenvalue weighted by atomic mass is 35.5. The van der Waals surface area contributed by atoms with Crippen LogP contribution in [0.3, 0.4) is 0 Å². The number of halogens is 2. The van der Waals surface area contributed by atoms with Crippen molar-refractivity contribution in [1.82, 2.24) is 10.2 Å². The molecule has 0 saturated heterocycles. The van der Waals surface area contributed by atoms with E-state index in [1.54, 1.807) is 13.0 Å². The molecule has 2 aromatic rings. The van der Waals surface area contributed by atoms with Crippen LogP contribution in [0.1, 0.15) is 43.9 Å². The Morgan fingerprint density at radius 1 is 1.14 bits per heavy atom. The molecule has 0 bridgehead atoms. The zero-order valence-electron chi connectivity index (χ0n) is 17.3. The van der Waals surface area contributed by atoms with Gasteiger partial charge in [0.1, 0.15) is 11.9 Å². The van der Waals surface area contributed by atoms with Gasteiger partial charge in [0.15, 0.2) is 0 Å². The van der Waals surface area contributed by atoms with Crippen molar-refractivity contribution in [2.75, 3.05) is 0 Å². The van der Waals surface area contributed by atoms with Crippen molar-refractivity contribution in [3.8, 4) is 0 Å². The monoisotopic (exact) mass is 418 g/mol. The lowest BCUT2D eigenvalue weighted by atomic mass is 10.1. The molecule has 29 heavy (non-hydrogen) atoms. The van der Waals surface area contributed by atoms with E-state index in [9.17, 15) is 14.0 Å². The first-order chi connectivity index (χ1) is 13.7. The second-order valence-electron chi connectivity index (χ2n) is 7.38. The van der Waals surface area contributed by atoms with Gasteiger partial charge < -0.3 is 10.2 Å². The molecule has 0 aliphatic heterocycles. The molecule has 2 aromatic carbocycles. The molecule has 4 nitrogen and oxygen atoms in total. The van der Waals surface area contributed by atoms with E-state index in [1.807, 2.05) is 45.0 Å². The van der Waals surface area contributed by atoms with Crippen LogP contribution in [0, 0.1) is 12.7 Å². The molecule has 0 aliphatic rings. The van der Waals surface area contributed by atoms with Gasteiger partial charge in [-0.15, -0.1) is 0 Å². The summed E-state index contributed by atoms with van der Waals surface area (Å²) in [5, 5.41) is 3.11. The molecule has 0 radical (unpaired) electrons. The largest absolute Gasteiger partial charge is 0.352 e. The van der Waals surface area contributed by atoms with Gasteiger partial charge in [-0.05, 0) is 44.9 Å². The average molecular weight is 419 g/mol. The van der Waals surface area contributed by atoms with Crippen molar-refractivity contribution in [1.29, 1.82) is 0 Å². The first-order valence-electron chi connectivity index (χ1n) is 9.81. The number of aryl methyl sites for hydroxylation is 1. The van der Waals surface area contributed by atoms with Crippen LogP contribution in [0.15, 0.2) is 42.5 Å². The minimum Gasteiger partial charge on any atom is -0.352 e. The molecule has 2 atom stereocenters. The second kappa shape index (κ2) is 10.4. The van der Waals surface area contributed by atoms with Crippen LogP contribution in [-0.4, -0.2) is 28.8 Å². The summed E-state index contributed by atoms with van der Waals surface area (Å²) < 4.78 is 14.2. The van der Waals surface area contributed by atoms with Crippen molar-refractivity contribution in [3.05, 3.63) is 70.0 Å². The van der Waals surface area contributed by atoms with Gasteiger partial charge >= 0.3 is 0 Å². The van der Waals surface area contributed by atoms with Gasteiger partial charge in [0.25, 0.3) is 0 Å². The quantitative estimate of drug-likeness (QED) is 0.677. The Morgan fingerprint density at radius 3 is 2.38 bits per heavy atom. The molecule has 1 N–H and O–H groups in total. The Morgan fingerprint density at radius 2 is 1.79 bits per heavy atom. The van der Waals surface area contributed by atoms with Gasteiger partial charge in [0.05, 0.1) is 6.42 Å². The first-order valence-corrected chi connectivity index (χ1v) is 10.2. The van der Waals surface area contributed by atoms with E-state index in [-0.39, 0.29) is 41.4 Å². The number of nitrogens with one attached hydrogen (secondary N) is 1. The van der Waals surface area contributed by atoms with Crippen LogP contribution in [0.2, 0.25) is 5.02 Å². The Labute approximate surface area is 177 Å². The summed E-state index contributed by atoms with van der Waals surface area (Å²) >= 11 is 6.10. The van der Waals surface area contributed by atoms with Crippen LogP contribution in [0.25, 0.3) is 0 Å². The van der Waals surface area contributed by atoms with E-state index in [0.717, 1.165) is 17.5 Å². The molecule has 2 amide bonds. The van der Waals surface area contributed by atoms with Gasteiger partial charge in [-0.2, -0.15) is 0 Å². The van der Waals surface area contributed by atoms with Gasteiger partial charge in [-0.3, -0.25) is 9.59 Å². The number of rotatable bonds is 8. The fourth-order valence-electron chi connectivity index (χ4n) is 2.89. The normalized spacial score (nSPS) is 12.9. The summed E-state index contributed by atoms with van der Waals surface area (Å²) in [6.07, 6.45) is 0.577. The maximum absolute atomic E-state index is 14.2. The van der Waals surface area contributed by atoms with Gasteiger partial charge in [-0.1, -0.05) is 54.4 Å². The molecule has 2 rings (SSSR count). The standard InChI is InChI=1S/C23H28ClFN2O2/c1-5-16(3)26-23(29)17(4)27(14-18-11-9-15(2)10-12-18)22(28)13-19-20(24)7-6-8-21(19)25/h6-12,16-17H,5,13-14H2,1-4H3,(H,26,29)/t16-,17+/m0/s1. The Bertz CT molecular complexity index is 834. The molecule has 6 heteroatoms. The third kappa shape index (κ3) is 6.29. The van der Waals surface area contributed by atoms with Gasteiger partial charge in [0, 0.05) is 23.2 Å². The maximum atomic E-state index is 14.2. The highest BCUT2D eigenvalue weighted by Gasteiger charge is 2.27. The number of hydrogen-bond donors (Lipinski definition) is 1. The van der Waals surface area contributed by atoms with Crippen molar-refractivity contribution in [2.45, 2.75) is 59.2 Å². The van der Waals surface area contributed by atoms with Crippen LogP contribution in [0.4, 0.5) is 4.39 Å². The van der Waals surface area contributed by atoms with Gasteiger partial charge in [-0.25, -0.2) is 4.39 Å². The summed E-state index contributed by atoms with van der Waals surface area (Å²) in [5.41, 5.74) is 2.14. The Hall–Kier alpha value is -2.40. The minimum absolute atomic E-state index is 0.00212. The lowest BCUT2D eigenvalue weighted by Crippen LogP contribution is -2.50. The second-order valence-corrected chi connectivity index (χ2v) is 7.79. The summed E-state index contributed by atoms with van der Waals surface area (Å²) in [5.74, 6) is -1.12. The lowest BCUT2D eigenvalue weighted by Gasteiger charge is -2.30. The number of nitrogens with zero attached hydrogens (tertiary/aromatic N) is 1. The van der Waals surface area contributed by atoms with Crippen molar-refractivity contribution in [3.63, 3.8) is 0 Å². The number of benzene rings is 2. The third-order valence-electron chi connectivity index (χ3n) is 5.03. The smallest absolute Gasteiger partial charge is 0.242 e. The van der Waals surface area contributed by atoms with E-state index in [4.69, 9.17) is 11.6 Å². The Kier molecular flexibility index (Phi) is 8.21. The molecule has 0 aromatic heterocycles. The molecule has 0 aliphatic carbocycles. The van der Waals surface area contributed by atoms with Crippen molar-refractivity contribution in [2.24, 2.45) is 0 Å². The highest BCUT2D eigenvalue weighted by Crippen LogP contribution is 2.21. The molecule has 0 unspecified atom stereocenters. The van der Waals surface area contributed by atoms with Crippen LogP contribution in [0.5, 0.6) is 0 Å². The molecular formula is C23H28ClFN2O2. The van der Waals surface area contributed by atoms with Crippen LogP contribution >= 0.6 is 11.6 Å². The summed E-state index contributed by atoms with van der Waals surface area (Å²) in [6, 6.07) is 11.4. The molecule has 0 heterocycles. The molecule has 0 spiro atoms. The minimum atomic E-state index is -0.705. The number of carbonyl (C=O) groups is 2. The zero-order valence-corrected chi connectivity index (χ0v) is 18.1. The van der Waals surface area contributed by atoms with E-state index >= 15 is 0 Å². The van der Waals surface area contributed by atoms with E-state index in [2.05, 4.69) is 5.32 Å². The van der Waals surface area contributed by atoms with Crippen molar-refractivity contribution >= 4 is 23.4 Å². The molecule has 0 saturated carbocycles. The predicted octanol–water partition coefficient (Wildman–Crippen LogP) is 4.66. The van der Waals surface area contributed by atoms with Crippen molar-refractivity contribution < 1.29 is 14.0 Å². The maximum Gasteiger partial charge on any atom is 0.242 e. The summed E-state index contributed by atoms with van der Waals surface area (Å²) in [4.78, 5) is 27.3. The molecule has 0 fully saturated rings. The van der Waals surface area contributed by atoms with E-state index in [0.29, 0.717) is 0 Å². The molecule has 156 valence electrons. The average Bonchev–Trinajstić information content (AvgIpc) is 2.69. The van der Waals surface area contributed by atoms with Crippen LogP contribution < -0.4 is 5.32 Å². The van der Waals surface area contributed by atoms with Crippen LogP contribution in [-0.2, 0) is 22.6 Å². The fourth-order valence-corrected chi connectivity index (χ4v) is 3.12. The summed E-state index contributed by atoms with van der Waals surface area (Å²) in [7, 11) is 0. The zero-order chi connectivity index (χ0) is 21.6. The number of hydrogen-bond acceptors (Lipinski definition) is 2. The lowest BCUT2D eigenvalue weighted by molar-refractivity contribution is -0.140. The Balaban J connectivity index is 2.28. The topological polar surface area (TPSA) is 49.4 Å². The van der Waals surface area contributed by atoms with E-state index in [1.165, 1.54) is 17.0 Å². The highest BCUT2D eigenvalue weighted by molar-refractivity contribution is 6.31. The third-order valence-corrected chi connectivity index (χ3v) is 5.39. The van der Waals surface area contributed by atoms with Gasteiger partial charge in [0.2, 0.25) is 11.8 Å². The number of carbonyl (C=O) groups excluding carboxylic acids is 2. The van der Waals surface area contributed by atoms with E-state index < -0.39 is 11.9 Å². The number of amides is 2.